The molecule has 1 atom stereocenters. The Morgan fingerprint density at radius 3 is 2.58 bits per heavy atom. The standard InChI is InChI=1S/C21H18N6O3S/c1-12-4-7-15(8-5-12)17-11-31-21(22-17)26-20(28)19(14(3)25-26)24-23-16-9-6-13(2)18(10-16)27(29)30/h4-11,19H,1-3H3. The highest BCUT2D eigenvalue weighted by Gasteiger charge is 2.36. The molecule has 9 nitrogen and oxygen atoms in total. The molecule has 1 aliphatic rings. The van der Waals surface area contributed by atoms with Gasteiger partial charge in [-0.25, -0.2) is 4.98 Å². The molecule has 0 radical (unpaired) electrons. The quantitative estimate of drug-likeness (QED) is 0.311. The predicted molar refractivity (Wildman–Crippen MR) is 119 cm³/mol. The normalized spacial score (nSPS) is 16.2. The lowest BCUT2D eigenvalue weighted by Gasteiger charge is -2.08. The molecule has 31 heavy (non-hydrogen) atoms. The number of carbonyl (C=O) groups is 1. The minimum atomic E-state index is -0.896. The van der Waals surface area contributed by atoms with E-state index in [1.807, 2.05) is 36.6 Å². The van der Waals surface area contributed by atoms with Crippen molar-refractivity contribution in [3.8, 4) is 11.3 Å². The largest absolute Gasteiger partial charge is 0.282 e. The summed E-state index contributed by atoms with van der Waals surface area (Å²) < 4.78 is 0. The lowest BCUT2D eigenvalue weighted by molar-refractivity contribution is -0.385. The molecule has 1 aliphatic heterocycles. The van der Waals surface area contributed by atoms with E-state index < -0.39 is 11.0 Å². The van der Waals surface area contributed by atoms with Gasteiger partial charge in [-0.3, -0.25) is 14.9 Å². The number of azo groups is 1. The molecule has 0 aliphatic carbocycles. The molecule has 1 amide bonds. The summed E-state index contributed by atoms with van der Waals surface area (Å²) in [5, 5.41) is 27.1. The molecule has 0 saturated carbocycles. The monoisotopic (exact) mass is 434 g/mol. The molecule has 2 heterocycles. The van der Waals surface area contributed by atoms with Crippen LogP contribution in [-0.2, 0) is 4.79 Å². The Morgan fingerprint density at radius 2 is 1.87 bits per heavy atom. The number of nitro groups is 1. The molecule has 0 bridgehead atoms. The van der Waals surface area contributed by atoms with Gasteiger partial charge in [0, 0.05) is 22.6 Å². The smallest absolute Gasteiger partial charge is 0.269 e. The summed E-state index contributed by atoms with van der Waals surface area (Å²) in [6.45, 7) is 5.35. The van der Waals surface area contributed by atoms with Gasteiger partial charge in [0.1, 0.15) is 0 Å². The fourth-order valence-corrected chi connectivity index (χ4v) is 3.81. The third-order valence-electron chi connectivity index (χ3n) is 4.79. The summed E-state index contributed by atoms with van der Waals surface area (Å²) >= 11 is 1.31. The van der Waals surface area contributed by atoms with E-state index in [0.717, 1.165) is 16.8 Å². The van der Waals surface area contributed by atoms with Crippen molar-refractivity contribution in [1.82, 2.24) is 4.98 Å². The van der Waals surface area contributed by atoms with Gasteiger partial charge >= 0.3 is 0 Å². The Morgan fingerprint density at radius 1 is 1.13 bits per heavy atom. The van der Waals surface area contributed by atoms with Crippen molar-refractivity contribution < 1.29 is 9.72 Å². The van der Waals surface area contributed by atoms with E-state index in [1.165, 1.54) is 22.4 Å². The second-order valence-corrected chi connectivity index (χ2v) is 7.96. The van der Waals surface area contributed by atoms with Crippen molar-refractivity contribution in [2.75, 3.05) is 5.01 Å². The zero-order valence-electron chi connectivity index (χ0n) is 17.0. The van der Waals surface area contributed by atoms with E-state index >= 15 is 0 Å². The third-order valence-corrected chi connectivity index (χ3v) is 5.61. The summed E-state index contributed by atoms with van der Waals surface area (Å²) in [6, 6.07) is 11.6. The first kappa shape index (κ1) is 20.5. The van der Waals surface area contributed by atoms with Crippen LogP contribution in [0.2, 0.25) is 0 Å². The van der Waals surface area contributed by atoms with Crippen LogP contribution in [0, 0.1) is 24.0 Å². The van der Waals surface area contributed by atoms with Crippen LogP contribution in [0.5, 0.6) is 0 Å². The Balaban J connectivity index is 1.54. The number of nitrogens with zero attached hydrogens (tertiary/aromatic N) is 6. The van der Waals surface area contributed by atoms with Crippen molar-refractivity contribution in [1.29, 1.82) is 0 Å². The van der Waals surface area contributed by atoms with Gasteiger partial charge in [-0.05, 0) is 26.8 Å². The predicted octanol–water partition coefficient (Wildman–Crippen LogP) is 5.21. The molecule has 3 aromatic rings. The van der Waals surface area contributed by atoms with Crippen LogP contribution in [-0.4, -0.2) is 27.6 Å². The summed E-state index contributed by atoms with van der Waals surface area (Å²) in [6.07, 6.45) is 0. The van der Waals surface area contributed by atoms with Crippen molar-refractivity contribution in [2.24, 2.45) is 15.3 Å². The molecule has 0 spiro atoms. The average Bonchev–Trinajstić information content (AvgIpc) is 3.33. The number of nitro benzene ring substituents is 1. The van der Waals surface area contributed by atoms with Crippen LogP contribution in [0.3, 0.4) is 0 Å². The van der Waals surface area contributed by atoms with E-state index in [0.29, 0.717) is 22.1 Å². The first-order chi connectivity index (χ1) is 14.8. The van der Waals surface area contributed by atoms with Gasteiger partial charge < -0.3 is 0 Å². The molecular formula is C21H18N6O3S. The molecule has 0 saturated heterocycles. The Labute approximate surface area is 181 Å². The summed E-state index contributed by atoms with van der Waals surface area (Å²) in [5.41, 5.74) is 4.12. The van der Waals surface area contributed by atoms with Crippen LogP contribution in [0.25, 0.3) is 11.3 Å². The van der Waals surface area contributed by atoms with Crippen molar-refractivity contribution in [3.63, 3.8) is 0 Å². The lowest BCUT2D eigenvalue weighted by Crippen LogP contribution is -2.29. The number of carbonyl (C=O) groups excluding carboxylic acids is 1. The topological polar surface area (TPSA) is 113 Å². The van der Waals surface area contributed by atoms with Gasteiger partial charge in [0.05, 0.1) is 22.0 Å². The van der Waals surface area contributed by atoms with Crippen LogP contribution < -0.4 is 5.01 Å². The highest BCUT2D eigenvalue weighted by Crippen LogP contribution is 2.31. The minimum absolute atomic E-state index is 0.0485. The number of rotatable bonds is 5. The van der Waals surface area contributed by atoms with Gasteiger partial charge in [0.15, 0.2) is 6.04 Å². The Bertz CT molecular complexity index is 1230. The number of hydrogen-bond donors (Lipinski definition) is 0. The Hall–Kier alpha value is -3.79. The second kappa shape index (κ2) is 8.15. The first-order valence-electron chi connectivity index (χ1n) is 9.41. The molecule has 10 heteroatoms. The lowest BCUT2D eigenvalue weighted by atomic mass is 10.1. The zero-order chi connectivity index (χ0) is 22.1. The number of amides is 1. The van der Waals surface area contributed by atoms with E-state index in [-0.39, 0.29) is 11.6 Å². The van der Waals surface area contributed by atoms with E-state index in [1.54, 1.807) is 26.0 Å². The SMILES string of the molecule is CC1=NN(c2nc(-c3ccc(C)cc3)cs2)C(=O)C1N=Nc1ccc(C)c([N+](=O)[O-])c1. The number of aryl methyl sites for hydroxylation is 2. The maximum Gasteiger partial charge on any atom is 0.282 e. The number of aromatic nitrogens is 1. The van der Waals surface area contributed by atoms with Crippen LogP contribution in [0.1, 0.15) is 18.1 Å². The highest BCUT2D eigenvalue weighted by atomic mass is 32.1. The van der Waals surface area contributed by atoms with Gasteiger partial charge in [-0.15, -0.1) is 11.3 Å². The van der Waals surface area contributed by atoms with E-state index in [4.69, 9.17) is 0 Å². The van der Waals surface area contributed by atoms with Gasteiger partial charge in [-0.2, -0.15) is 20.3 Å². The Kier molecular flexibility index (Phi) is 5.38. The second-order valence-electron chi connectivity index (χ2n) is 7.12. The van der Waals surface area contributed by atoms with E-state index in [9.17, 15) is 14.9 Å². The van der Waals surface area contributed by atoms with Crippen molar-refractivity contribution in [2.45, 2.75) is 26.8 Å². The highest BCUT2D eigenvalue weighted by molar-refractivity contribution is 7.14. The van der Waals surface area contributed by atoms with Crippen LogP contribution in [0.4, 0.5) is 16.5 Å². The molecule has 156 valence electrons. The zero-order valence-corrected chi connectivity index (χ0v) is 17.8. The molecular weight excluding hydrogens is 416 g/mol. The van der Waals surface area contributed by atoms with Crippen LogP contribution >= 0.6 is 11.3 Å². The molecule has 1 unspecified atom stereocenters. The minimum Gasteiger partial charge on any atom is -0.269 e. The van der Waals surface area contributed by atoms with Gasteiger partial charge in [-0.1, -0.05) is 35.9 Å². The maximum atomic E-state index is 12.9. The van der Waals surface area contributed by atoms with Gasteiger partial charge in [0.25, 0.3) is 11.6 Å². The first-order valence-corrected chi connectivity index (χ1v) is 10.3. The average molecular weight is 434 g/mol. The summed E-state index contributed by atoms with van der Waals surface area (Å²) in [7, 11) is 0. The molecule has 1 aromatic heterocycles. The molecule has 0 N–H and O–H groups in total. The molecule has 2 aromatic carbocycles. The van der Waals surface area contributed by atoms with E-state index in [2.05, 4.69) is 20.3 Å². The van der Waals surface area contributed by atoms with Crippen LogP contribution in [0.15, 0.2) is 63.2 Å². The van der Waals surface area contributed by atoms with Gasteiger partial charge in [0.2, 0.25) is 5.13 Å². The number of hydrazone groups is 1. The number of thiazole rings is 1. The third kappa shape index (κ3) is 4.10. The molecule has 4 rings (SSSR count). The summed E-state index contributed by atoms with van der Waals surface area (Å²) in [5.74, 6) is -0.368. The number of hydrogen-bond acceptors (Lipinski definition) is 8. The fourth-order valence-electron chi connectivity index (χ4n) is 3.03. The summed E-state index contributed by atoms with van der Waals surface area (Å²) in [4.78, 5) is 28.0. The number of anilines is 1. The fraction of sp³-hybridized carbons (Fsp3) is 0.190. The van der Waals surface area contributed by atoms with Crippen molar-refractivity contribution in [3.05, 3.63) is 69.1 Å². The number of benzene rings is 2. The van der Waals surface area contributed by atoms with Crippen molar-refractivity contribution >= 4 is 39.5 Å². The molecule has 0 fully saturated rings. The maximum absolute atomic E-state index is 12.9.